The third-order valence-electron chi connectivity index (χ3n) is 2.64. The maximum Gasteiger partial charge on any atom is 0.257 e. The van der Waals surface area contributed by atoms with Crippen molar-refractivity contribution in [3.63, 3.8) is 0 Å². The molecular weight excluding hydrogens is 204 g/mol. The van der Waals surface area contributed by atoms with Gasteiger partial charge in [0.05, 0.1) is 11.3 Å². The molecule has 2 rings (SSSR count). The number of benzene rings is 1. The van der Waals surface area contributed by atoms with E-state index < -0.39 is 0 Å². The number of rotatable bonds is 1. The maximum absolute atomic E-state index is 12.0. The number of phenolic OH excluding ortho intramolecular Hbond substituents is 1. The van der Waals surface area contributed by atoms with Gasteiger partial charge in [0.15, 0.2) is 5.75 Å². The molecule has 4 nitrogen and oxygen atoms in total. The lowest BCUT2D eigenvalue weighted by Crippen LogP contribution is -2.33. The third-order valence-corrected chi connectivity index (χ3v) is 2.64. The van der Waals surface area contributed by atoms with Crippen molar-refractivity contribution in [2.45, 2.75) is 6.42 Å². The molecule has 1 aromatic rings. The summed E-state index contributed by atoms with van der Waals surface area (Å²) < 4.78 is 0. The smallest absolute Gasteiger partial charge is 0.257 e. The Morgan fingerprint density at radius 2 is 2.19 bits per heavy atom. The van der Waals surface area contributed by atoms with Crippen LogP contribution < -0.4 is 5.73 Å². The first-order chi connectivity index (χ1) is 7.70. The van der Waals surface area contributed by atoms with Gasteiger partial charge in [-0.2, -0.15) is 0 Å². The molecule has 0 saturated heterocycles. The first-order valence-electron chi connectivity index (χ1n) is 5.22. The van der Waals surface area contributed by atoms with Gasteiger partial charge in [-0.3, -0.25) is 4.79 Å². The van der Waals surface area contributed by atoms with Crippen molar-refractivity contribution in [2.24, 2.45) is 0 Å². The largest absolute Gasteiger partial charge is 0.505 e. The fourth-order valence-electron chi connectivity index (χ4n) is 1.73. The van der Waals surface area contributed by atoms with Crippen molar-refractivity contribution in [2.75, 3.05) is 18.8 Å². The Bertz CT molecular complexity index is 441. The highest BCUT2D eigenvalue weighted by molar-refractivity contribution is 5.98. The lowest BCUT2D eigenvalue weighted by molar-refractivity contribution is 0.0768. The van der Waals surface area contributed by atoms with Crippen LogP contribution in [0.4, 0.5) is 5.69 Å². The molecule has 0 bridgehead atoms. The topological polar surface area (TPSA) is 66.6 Å². The van der Waals surface area contributed by atoms with Crippen LogP contribution in [0.3, 0.4) is 0 Å². The van der Waals surface area contributed by atoms with E-state index in [-0.39, 0.29) is 22.9 Å². The molecule has 1 amide bonds. The fourth-order valence-corrected chi connectivity index (χ4v) is 1.73. The van der Waals surface area contributed by atoms with Crippen LogP contribution in [0.2, 0.25) is 0 Å². The molecule has 3 N–H and O–H groups in total. The Morgan fingerprint density at radius 1 is 1.38 bits per heavy atom. The molecule has 0 aromatic heterocycles. The molecule has 0 unspecified atom stereocenters. The molecule has 1 aliphatic heterocycles. The number of hydrogen-bond donors (Lipinski definition) is 2. The minimum absolute atomic E-state index is 0.123. The highest BCUT2D eigenvalue weighted by atomic mass is 16.3. The average molecular weight is 218 g/mol. The van der Waals surface area contributed by atoms with E-state index in [4.69, 9.17) is 5.73 Å². The summed E-state index contributed by atoms with van der Waals surface area (Å²) in [6.45, 7) is 1.27. The molecule has 4 heteroatoms. The quantitative estimate of drug-likeness (QED) is 0.425. The van der Waals surface area contributed by atoms with E-state index >= 15 is 0 Å². The fraction of sp³-hybridized carbons (Fsp3) is 0.250. The number of hydrogen-bond acceptors (Lipinski definition) is 3. The first-order valence-corrected chi connectivity index (χ1v) is 5.22. The van der Waals surface area contributed by atoms with Crippen molar-refractivity contribution < 1.29 is 9.90 Å². The minimum atomic E-state index is -0.172. The summed E-state index contributed by atoms with van der Waals surface area (Å²) in [5.41, 5.74) is 6.06. The van der Waals surface area contributed by atoms with E-state index in [1.165, 1.54) is 0 Å². The molecule has 1 aliphatic rings. The Morgan fingerprint density at radius 3 is 2.88 bits per heavy atom. The standard InChI is InChI=1S/C12H14N2O2/c13-10-6-4-5-9(11(10)15)12(16)14-7-2-1-3-8-14/h1-2,4-6,15H,3,7-8,13H2. The predicted molar refractivity (Wildman–Crippen MR) is 62.2 cm³/mol. The number of aromatic hydroxyl groups is 1. The normalized spacial score (nSPS) is 15.1. The van der Waals surface area contributed by atoms with Gasteiger partial charge in [0.2, 0.25) is 0 Å². The van der Waals surface area contributed by atoms with Crippen LogP contribution in [0.15, 0.2) is 30.4 Å². The number of phenols is 1. The highest BCUT2D eigenvalue weighted by Gasteiger charge is 2.19. The van der Waals surface area contributed by atoms with Crippen molar-refractivity contribution >= 4 is 11.6 Å². The summed E-state index contributed by atoms with van der Waals surface area (Å²) in [6, 6.07) is 4.83. The number of carbonyl (C=O) groups excluding carboxylic acids is 1. The van der Waals surface area contributed by atoms with Gasteiger partial charge in [0.1, 0.15) is 0 Å². The summed E-state index contributed by atoms with van der Waals surface area (Å²) in [5, 5.41) is 9.71. The number of nitrogen functional groups attached to an aromatic ring is 1. The Kier molecular flexibility index (Phi) is 2.81. The third kappa shape index (κ3) is 1.86. The van der Waals surface area contributed by atoms with Gasteiger partial charge >= 0.3 is 0 Å². The maximum atomic E-state index is 12.0. The zero-order chi connectivity index (χ0) is 11.5. The number of nitrogens with two attached hydrogens (primary N) is 1. The summed E-state index contributed by atoms with van der Waals surface area (Å²) in [7, 11) is 0. The summed E-state index contributed by atoms with van der Waals surface area (Å²) >= 11 is 0. The van der Waals surface area contributed by atoms with Crippen molar-refractivity contribution in [1.29, 1.82) is 0 Å². The zero-order valence-electron chi connectivity index (χ0n) is 8.89. The lowest BCUT2D eigenvalue weighted by Gasteiger charge is -2.23. The molecule has 1 heterocycles. The average Bonchev–Trinajstić information content (AvgIpc) is 2.33. The van der Waals surface area contributed by atoms with Gasteiger partial charge in [-0.15, -0.1) is 0 Å². The second-order valence-electron chi connectivity index (χ2n) is 3.75. The van der Waals surface area contributed by atoms with E-state index in [0.717, 1.165) is 6.42 Å². The van der Waals surface area contributed by atoms with Crippen LogP contribution in [0, 0.1) is 0 Å². The molecule has 84 valence electrons. The van der Waals surface area contributed by atoms with E-state index in [1.807, 2.05) is 12.2 Å². The van der Waals surface area contributed by atoms with Crippen LogP contribution in [-0.2, 0) is 0 Å². The van der Waals surface area contributed by atoms with Crippen LogP contribution in [0.25, 0.3) is 0 Å². The van der Waals surface area contributed by atoms with Gasteiger partial charge in [-0.1, -0.05) is 18.2 Å². The number of amides is 1. The SMILES string of the molecule is Nc1cccc(C(=O)N2CC=CCC2)c1O. The second-order valence-corrected chi connectivity index (χ2v) is 3.75. The monoisotopic (exact) mass is 218 g/mol. The Labute approximate surface area is 94.0 Å². The molecule has 16 heavy (non-hydrogen) atoms. The van der Waals surface area contributed by atoms with Gasteiger partial charge in [0, 0.05) is 13.1 Å². The minimum Gasteiger partial charge on any atom is -0.505 e. The van der Waals surface area contributed by atoms with Crippen LogP contribution in [-0.4, -0.2) is 29.0 Å². The molecule has 1 aromatic carbocycles. The summed E-state index contributed by atoms with van der Waals surface area (Å²) in [5.74, 6) is -0.295. The molecule has 0 radical (unpaired) electrons. The van der Waals surface area contributed by atoms with E-state index in [9.17, 15) is 9.90 Å². The Hall–Kier alpha value is -1.97. The van der Waals surface area contributed by atoms with Crippen molar-refractivity contribution in [1.82, 2.24) is 4.90 Å². The lowest BCUT2D eigenvalue weighted by atomic mass is 10.1. The number of nitrogens with zero attached hydrogens (tertiary/aromatic N) is 1. The second kappa shape index (κ2) is 4.26. The Balaban J connectivity index is 2.26. The highest BCUT2D eigenvalue weighted by Crippen LogP contribution is 2.25. The van der Waals surface area contributed by atoms with E-state index in [0.29, 0.717) is 13.1 Å². The molecule has 0 fully saturated rings. The van der Waals surface area contributed by atoms with Gasteiger partial charge < -0.3 is 15.7 Å². The van der Waals surface area contributed by atoms with Gasteiger partial charge in [0.25, 0.3) is 5.91 Å². The summed E-state index contributed by atoms with van der Waals surface area (Å²) in [4.78, 5) is 13.7. The molecule has 0 aliphatic carbocycles. The van der Waals surface area contributed by atoms with Gasteiger partial charge in [-0.25, -0.2) is 0 Å². The summed E-state index contributed by atoms with van der Waals surface area (Å²) in [6.07, 6.45) is 4.85. The van der Waals surface area contributed by atoms with Crippen LogP contribution in [0.5, 0.6) is 5.75 Å². The zero-order valence-corrected chi connectivity index (χ0v) is 8.89. The van der Waals surface area contributed by atoms with E-state index in [2.05, 4.69) is 0 Å². The molecule has 0 atom stereocenters. The molecule has 0 spiro atoms. The number of anilines is 1. The van der Waals surface area contributed by atoms with Crippen LogP contribution in [0.1, 0.15) is 16.8 Å². The number of para-hydroxylation sites is 1. The number of carbonyl (C=O) groups is 1. The van der Waals surface area contributed by atoms with Crippen LogP contribution >= 0.6 is 0 Å². The first kappa shape index (κ1) is 10.5. The van der Waals surface area contributed by atoms with Crippen molar-refractivity contribution in [3.8, 4) is 5.75 Å². The molecule has 0 saturated carbocycles. The van der Waals surface area contributed by atoms with Gasteiger partial charge in [-0.05, 0) is 18.6 Å². The predicted octanol–water partition coefficient (Wildman–Crippen LogP) is 1.38. The molecular formula is C12H14N2O2. The van der Waals surface area contributed by atoms with E-state index in [1.54, 1.807) is 23.1 Å². The van der Waals surface area contributed by atoms with Crippen molar-refractivity contribution in [3.05, 3.63) is 35.9 Å².